The first kappa shape index (κ1) is 65.8. The zero-order valence-electron chi connectivity index (χ0n) is 37.3. The molecule has 7 aromatic rings. The van der Waals surface area contributed by atoms with Gasteiger partial charge in [-0.15, -0.1) is 60.4 Å². The molecule has 0 amide bonds. The zero-order chi connectivity index (χ0) is 48.4. The number of aromatic nitrogens is 4. The second-order valence-corrected chi connectivity index (χ2v) is 13.5. The van der Waals surface area contributed by atoms with Crippen LogP contribution in [-0.4, -0.2) is 41.9 Å². The maximum atomic E-state index is 10.7. The average molecular weight is 1040 g/mol. The largest absolute Gasteiger partial charge is 0.439 e. The van der Waals surface area contributed by atoms with Gasteiger partial charge in [-0.2, -0.15) is 10.5 Å². The molecule has 0 saturated carbocycles. The lowest BCUT2D eigenvalue weighted by atomic mass is 10.1. The summed E-state index contributed by atoms with van der Waals surface area (Å²) in [5.74, 6) is 3.47. The minimum Gasteiger partial charge on any atom is -0.409 e. The first-order valence-corrected chi connectivity index (χ1v) is 20.7. The number of nitriles is 2. The van der Waals surface area contributed by atoms with Gasteiger partial charge in [0.25, 0.3) is 0 Å². The fourth-order valence-electron chi connectivity index (χ4n) is 4.90. The molecule has 68 heavy (non-hydrogen) atoms. The van der Waals surface area contributed by atoms with Gasteiger partial charge in [0.2, 0.25) is 0 Å². The Morgan fingerprint density at radius 3 is 1.12 bits per heavy atom. The van der Waals surface area contributed by atoms with Crippen LogP contribution in [0.2, 0.25) is 0 Å². The van der Waals surface area contributed by atoms with E-state index in [1.807, 2.05) is 115 Å². The molecule has 17 nitrogen and oxygen atoms in total. The van der Waals surface area contributed by atoms with Gasteiger partial charge in [-0.25, -0.2) is 15.5 Å². The summed E-state index contributed by atoms with van der Waals surface area (Å²) in [5, 5.41) is 42.0. The van der Waals surface area contributed by atoms with E-state index in [1.54, 1.807) is 12.1 Å². The Kier molecular flexibility index (Phi) is 38.4. The lowest BCUT2D eigenvalue weighted by Gasteiger charge is -1.99. The number of nitrogens with zero attached hydrogens (tertiary/aromatic N) is 5. The number of nitrogens with one attached hydrogen (secondary N) is 2. The van der Waals surface area contributed by atoms with Crippen molar-refractivity contribution < 1.29 is 19.5 Å². The van der Waals surface area contributed by atoms with Crippen molar-refractivity contribution in [3.05, 3.63) is 187 Å². The lowest BCUT2D eigenvalue weighted by molar-refractivity contribution is 0.311. The number of nitrogens with two attached hydrogens (primary N) is 4. The molecule has 2 heterocycles. The lowest BCUT2D eigenvalue weighted by Crippen LogP contribution is -2.12. The molecule has 0 saturated heterocycles. The molecular weight excluding hydrogens is 980 g/mol. The van der Waals surface area contributed by atoms with Crippen molar-refractivity contribution in [1.29, 1.82) is 10.5 Å². The number of rotatable bonds is 8. The van der Waals surface area contributed by atoms with Crippen LogP contribution in [0, 0.1) is 22.7 Å². The third kappa shape index (κ3) is 25.4. The molecule has 5 aromatic carbocycles. The van der Waals surface area contributed by atoms with Gasteiger partial charge >= 0.3 is 11.5 Å². The van der Waals surface area contributed by atoms with Crippen LogP contribution >= 0.6 is 60.4 Å². The van der Waals surface area contributed by atoms with E-state index in [0.717, 1.165) is 52.6 Å². The van der Waals surface area contributed by atoms with Gasteiger partial charge in [0.15, 0.2) is 17.5 Å². The third-order valence-electron chi connectivity index (χ3n) is 8.56. The van der Waals surface area contributed by atoms with Crippen LogP contribution in [0.5, 0.6) is 0 Å². The maximum Gasteiger partial charge on any atom is 0.439 e. The van der Waals surface area contributed by atoms with Crippen LogP contribution in [0.4, 0.5) is 0 Å². The fourth-order valence-corrected chi connectivity index (χ4v) is 4.90. The molecule has 12 N–H and O–H groups in total. The van der Waals surface area contributed by atoms with Gasteiger partial charge in [-0.3, -0.25) is 19.0 Å². The molecule has 0 unspecified atom stereocenters. The Bertz CT molecular complexity index is 2420. The summed E-state index contributed by atoms with van der Waals surface area (Å²) < 4.78 is 8.80. The van der Waals surface area contributed by atoms with Crippen LogP contribution in [-0.2, 0) is 32.4 Å². The van der Waals surface area contributed by atoms with Crippen LogP contribution in [0.25, 0.3) is 22.8 Å². The van der Waals surface area contributed by atoms with Crippen molar-refractivity contribution in [2.45, 2.75) is 53.1 Å². The SMILES string of the molecule is CCc1ccc(-c2noc(=O)[nH]2)cc1.CCc1ccc(C#N)cc1.CCc1ccc(C(N)=NO)cc1.Cl.Cl.Cl.ClCCl.N#Cc1ccc(CN)cc1.NCc1ccc(-c2noc(=O)[nH]2)cc1.NO. The standard InChI is InChI=1S/C10H10N2O2.C9H9N3O2.C9H12N2O.C9H9N.C8H8N2.CH2Cl2.3ClH.H3NO/c1-2-7-3-5-8(6-4-7)9-11-10(13)14-12-9;10-5-6-1-3-7(4-2-6)8-11-9(13)14-12-8;1-2-7-3-5-8(6-4-7)9(10)11-12;1-2-8-3-5-9(7-10)6-4-8;9-5-7-1-2-8(6-10)4-3-7;2-1-3;;;;1-2/h3-6H,2H2,1H3,(H,11,12,13);1-4H,5,10H2,(H,11,12,13);3-6,12H,2H2,1H3,(H2,10,11);3-6H,2H2,1H3;1-4H,5,9H2;1H2;3*1H;2H,1H2. The number of hydrogen-bond donors (Lipinski definition) is 8. The number of hydrogen-bond acceptors (Lipinski definition) is 14. The number of halogens is 5. The molecule has 366 valence electrons. The van der Waals surface area contributed by atoms with Crippen molar-refractivity contribution in [3.63, 3.8) is 0 Å². The number of aryl methyl sites for hydroxylation is 3. The number of alkyl halides is 2. The van der Waals surface area contributed by atoms with Gasteiger partial charge in [0.1, 0.15) is 0 Å². The highest BCUT2D eigenvalue weighted by Gasteiger charge is 2.04. The van der Waals surface area contributed by atoms with E-state index >= 15 is 0 Å². The summed E-state index contributed by atoms with van der Waals surface area (Å²) in [5.41, 5.74) is 25.9. The molecule has 0 atom stereocenters. The van der Waals surface area contributed by atoms with E-state index in [0.29, 0.717) is 30.3 Å². The van der Waals surface area contributed by atoms with Gasteiger partial charge in [0.05, 0.1) is 28.6 Å². The maximum absolute atomic E-state index is 10.7. The number of H-pyrrole nitrogens is 2. The first-order chi connectivity index (χ1) is 31.5. The second kappa shape index (κ2) is 39.7. The number of amidine groups is 1. The second-order valence-electron chi connectivity index (χ2n) is 12.7. The quantitative estimate of drug-likeness (QED) is 0.0232. The normalized spacial score (nSPS) is 9.25. The van der Waals surface area contributed by atoms with Crippen molar-refractivity contribution in [3.8, 4) is 34.9 Å². The summed E-state index contributed by atoms with van der Waals surface area (Å²) in [6.45, 7) is 7.30. The van der Waals surface area contributed by atoms with E-state index in [9.17, 15) is 9.59 Å². The Balaban J connectivity index is -0.000000754. The van der Waals surface area contributed by atoms with Gasteiger partial charge in [-0.05, 0) is 71.3 Å². The van der Waals surface area contributed by atoms with E-state index in [1.165, 1.54) is 16.7 Å². The van der Waals surface area contributed by atoms with E-state index < -0.39 is 11.5 Å². The van der Waals surface area contributed by atoms with E-state index in [4.69, 9.17) is 61.3 Å². The average Bonchev–Trinajstić information content (AvgIpc) is 4.03. The summed E-state index contributed by atoms with van der Waals surface area (Å²) in [6.07, 6.45) is 3.03. The zero-order valence-corrected chi connectivity index (χ0v) is 41.3. The van der Waals surface area contributed by atoms with Crippen LogP contribution < -0.4 is 34.6 Å². The topological polar surface area (TPSA) is 322 Å². The van der Waals surface area contributed by atoms with Crippen LogP contribution in [0.3, 0.4) is 0 Å². The van der Waals surface area contributed by atoms with Gasteiger partial charge < -0.3 is 27.6 Å². The highest BCUT2D eigenvalue weighted by atomic mass is 35.5. The van der Waals surface area contributed by atoms with Crippen molar-refractivity contribution in [2.75, 3.05) is 5.34 Å². The molecule has 2 aromatic heterocycles. The van der Waals surface area contributed by atoms with E-state index in [-0.39, 0.29) is 48.4 Å². The molecule has 0 radical (unpaired) electrons. The molecule has 0 spiro atoms. The van der Waals surface area contributed by atoms with Crippen molar-refractivity contribution >= 4 is 66.3 Å². The Labute approximate surface area is 422 Å². The molecule has 0 bridgehead atoms. The molecule has 0 aliphatic rings. The molecule has 0 aliphatic carbocycles. The smallest absolute Gasteiger partial charge is 0.409 e. The summed E-state index contributed by atoms with van der Waals surface area (Å²) in [6, 6.07) is 41.9. The van der Waals surface area contributed by atoms with Crippen molar-refractivity contribution in [1.82, 2.24) is 20.3 Å². The summed E-state index contributed by atoms with van der Waals surface area (Å²) >= 11 is 9.53. The Hall–Kier alpha value is -6.48. The van der Waals surface area contributed by atoms with Crippen molar-refractivity contribution in [2.24, 2.45) is 28.3 Å². The number of aromatic amines is 2. The molecule has 0 aliphatic heterocycles. The fraction of sp³-hybridized carbons (Fsp3) is 0.196. The van der Waals surface area contributed by atoms with E-state index in [2.05, 4.69) is 67.2 Å². The molecule has 22 heteroatoms. The Morgan fingerprint density at radius 1 is 0.588 bits per heavy atom. The Morgan fingerprint density at radius 2 is 0.868 bits per heavy atom. The minimum atomic E-state index is -0.553. The minimum absolute atomic E-state index is 0. The number of benzene rings is 5. The molecular formula is C46H56Cl5N11O6. The third-order valence-corrected chi connectivity index (χ3v) is 8.56. The summed E-state index contributed by atoms with van der Waals surface area (Å²) in [4.78, 5) is 26.3. The summed E-state index contributed by atoms with van der Waals surface area (Å²) in [7, 11) is 0. The van der Waals surface area contributed by atoms with Gasteiger partial charge in [-0.1, -0.05) is 133 Å². The number of oxime groups is 1. The van der Waals surface area contributed by atoms with Gasteiger partial charge in [0, 0.05) is 29.8 Å². The predicted octanol–water partition coefficient (Wildman–Crippen LogP) is 8.58. The molecule has 0 fully saturated rings. The van der Waals surface area contributed by atoms with Crippen LogP contribution in [0.1, 0.15) is 65.3 Å². The molecule has 7 rings (SSSR count). The predicted molar refractivity (Wildman–Crippen MR) is 275 cm³/mol. The monoisotopic (exact) mass is 1030 g/mol. The van der Waals surface area contributed by atoms with Crippen LogP contribution in [0.15, 0.2) is 145 Å². The first-order valence-electron chi connectivity index (χ1n) is 19.6. The highest BCUT2D eigenvalue weighted by molar-refractivity contribution is 6.40. The highest BCUT2D eigenvalue weighted by Crippen LogP contribution is 2.15.